The van der Waals surface area contributed by atoms with Gasteiger partial charge in [-0.1, -0.05) is 0 Å². The predicted molar refractivity (Wildman–Crippen MR) is 26.7 cm³/mol. The standard InChI is InChI=1S/C3H3F5O4S/c4-1(5)2(6,9)3(7,8)13(10,11)12/h1,9H,(H,10,11,12)/p-1. The lowest BCUT2D eigenvalue weighted by atomic mass is 10.3. The van der Waals surface area contributed by atoms with Crippen molar-refractivity contribution in [3.05, 3.63) is 0 Å². The lowest BCUT2D eigenvalue weighted by Gasteiger charge is -2.29. The van der Waals surface area contributed by atoms with Crippen molar-refractivity contribution in [2.45, 2.75) is 17.5 Å². The van der Waals surface area contributed by atoms with Gasteiger partial charge >= 0.3 is 17.5 Å². The minimum absolute atomic E-state index is 4.72. The van der Waals surface area contributed by atoms with Crippen molar-refractivity contribution in [1.29, 1.82) is 0 Å². The quantitative estimate of drug-likeness (QED) is 0.547. The largest absolute Gasteiger partial charge is 0.743 e. The molecule has 0 aromatic rings. The number of rotatable bonds is 3. The van der Waals surface area contributed by atoms with E-state index in [4.69, 9.17) is 5.11 Å². The van der Waals surface area contributed by atoms with Crippen LogP contribution in [0.5, 0.6) is 0 Å². The van der Waals surface area contributed by atoms with E-state index in [9.17, 15) is 34.9 Å². The summed E-state index contributed by atoms with van der Waals surface area (Å²) < 4.78 is 87.2. The molecule has 0 rings (SSSR count). The van der Waals surface area contributed by atoms with E-state index in [1.165, 1.54) is 0 Å². The first-order valence-corrected chi connectivity index (χ1v) is 3.88. The van der Waals surface area contributed by atoms with Crippen molar-refractivity contribution in [3.8, 4) is 0 Å². The topological polar surface area (TPSA) is 77.4 Å². The van der Waals surface area contributed by atoms with Crippen LogP contribution in [0.15, 0.2) is 0 Å². The van der Waals surface area contributed by atoms with Crippen molar-refractivity contribution >= 4 is 10.1 Å². The zero-order chi connectivity index (χ0) is 11.1. The van der Waals surface area contributed by atoms with Gasteiger partial charge in [0.1, 0.15) is 0 Å². The molecule has 0 heterocycles. The molecule has 1 atom stereocenters. The molecule has 80 valence electrons. The molecule has 13 heavy (non-hydrogen) atoms. The second-order valence-corrected chi connectivity index (χ2v) is 3.37. The molecule has 1 N–H and O–H groups in total. The van der Waals surface area contributed by atoms with Gasteiger partial charge in [-0.25, -0.2) is 17.2 Å². The molecule has 0 radical (unpaired) electrons. The number of alkyl halides is 5. The number of hydrogen-bond donors (Lipinski definition) is 1. The summed E-state index contributed by atoms with van der Waals surface area (Å²) in [5, 5.41) is 1.62. The molecule has 0 aliphatic rings. The van der Waals surface area contributed by atoms with Gasteiger partial charge < -0.3 is 9.66 Å². The van der Waals surface area contributed by atoms with E-state index in [1.807, 2.05) is 0 Å². The van der Waals surface area contributed by atoms with Crippen LogP contribution in [0.1, 0.15) is 0 Å². The Hall–Kier alpha value is -0.480. The Balaban J connectivity index is 5.29. The Morgan fingerprint density at radius 1 is 1.23 bits per heavy atom. The van der Waals surface area contributed by atoms with Gasteiger partial charge in [0, 0.05) is 0 Å². The highest BCUT2D eigenvalue weighted by Gasteiger charge is 2.65. The van der Waals surface area contributed by atoms with Gasteiger partial charge in [0.25, 0.3) is 0 Å². The molecule has 0 spiro atoms. The SMILES string of the molecule is O=S(=O)([O-])C(F)(F)C(O)(F)C(F)F. The van der Waals surface area contributed by atoms with Crippen LogP contribution in [0.25, 0.3) is 0 Å². The van der Waals surface area contributed by atoms with Gasteiger partial charge in [-0.05, 0) is 0 Å². The van der Waals surface area contributed by atoms with Gasteiger partial charge in [-0.3, -0.25) is 0 Å². The number of aliphatic hydroxyl groups is 1. The normalized spacial score (nSPS) is 18.8. The highest BCUT2D eigenvalue weighted by atomic mass is 32.2. The van der Waals surface area contributed by atoms with Crippen LogP contribution in [-0.4, -0.2) is 35.6 Å². The third-order valence-corrected chi connectivity index (χ3v) is 1.93. The second kappa shape index (κ2) is 3.03. The van der Waals surface area contributed by atoms with Gasteiger partial charge in [-0.15, -0.1) is 0 Å². The van der Waals surface area contributed by atoms with E-state index in [-0.39, 0.29) is 0 Å². The summed E-state index contributed by atoms with van der Waals surface area (Å²) in [4.78, 5) is 0. The molecule has 0 aliphatic heterocycles. The molecule has 0 bridgehead atoms. The van der Waals surface area contributed by atoms with E-state index in [1.54, 1.807) is 0 Å². The zero-order valence-electron chi connectivity index (χ0n) is 5.55. The van der Waals surface area contributed by atoms with Crippen molar-refractivity contribution in [2.75, 3.05) is 0 Å². The molecule has 0 fully saturated rings. The fourth-order valence-corrected chi connectivity index (χ4v) is 0.742. The highest BCUT2D eigenvalue weighted by Crippen LogP contribution is 2.38. The van der Waals surface area contributed by atoms with Crippen molar-refractivity contribution in [3.63, 3.8) is 0 Å². The molecular weight excluding hydrogens is 227 g/mol. The van der Waals surface area contributed by atoms with E-state index in [0.29, 0.717) is 0 Å². The van der Waals surface area contributed by atoms with E-state index < -0.39 is 27.7 Å². The van der Waals surface area contributed by atoms with Crippen LogP contribution in [0, 0.1) is 0 Å². The van der Waals surface area contributed by atoms with Gasteiger partial charge in [-0.2, -0.15) is 13.2 Å². The minimum atomic E-state index is -6.69. The monoisotopic (exact) mass is 229 g/mol. The van der Waals surface area contributed by atoms with Crippen LogP contribution >= 0.6 is 0 Å². The molecule has 4 nitrogen and oxygen atoms in total. The molecule has 1 unspecified atom stereocenters. The fraction of sp³-hybridized carbons (Fsp3) is 1.00. The molecule has 0 aliphatic carbocycles. The van der Waals surface area contributed by atoms with Gasteiger partial charge in [0.15, 0.2) is 10.1 Å². The van der Waals surface area contributed by atoms with Crippen LogP contribution in [0.2, 0.25) is 0 Å². The second-order valence-electron chi connectivity index (χ2n) is 1.94. The first-order chi connectivity index (χ1) is 5.44. The summed E-state index contributed by atoms with van der Waals surface area (Å²) in [5.74, 6) is -5.69. The third-order valence-electron chi connectivity index (χ3n) is 1.01. The Labute approximate surface area is 68.7 Å². The van der Waals surface area contributed by atoms with Crippen molar-refractivity contribution in [1.82, 2.24) is 0 Å². The summed E-state index contributed by atoms with van der Waals surface area (Å²) in [6.07, 6.45) is -4.72. The maximum absolute atomic E-state index is 12.0. The van der Waals surface area contributed by atoms with Gasteiger partial charge in [0.05, 0.1) is 0 Å². The molecule has 10 heteroatoms. The Morgan fingerprint density at radius 2 is 1.54 bits per heavy atom. The third kappa shape index (κ3) is 1.89. The number of halogens is 5. The lowest BCUT2D eigenvalue weighted by Crippen LogP contribution is -2.54. The summed E-state index contributed by atoms with van der Waals surface area (Å²) in [7, 11) is -6.69. The smallest absolute Gasteiger partial charge is 0.397 e. The Bertz CT molecular complexity index is 282. The van der Waals surface area contributed by atoms with E-state index >= 15 is 0 Å². The molecular formula is C3H2F5O4S-. The summed E-state index contributed by atoms with van der Waals surface area (Å²) in [6, 6.07) is 0. The summed E-state index contributed by atoms with van der Waals surface area (Å²) in [5.41, 5.74) is 0. The average Bonchev–Trinajstić information content (AvgIpc) is 1.84. The first kappa shape index (κ1) is 12.5. The van der Waals surface area contributed by atoms with Crippen molar-refractivity contribution < 1.29 is 40.0 Å². The Kier molecular flexibility index (Phi) is 2.92. The zero-order valence-corrected chi connectivity index (χ0v) is 6.36. The van der Waals surface area contributed by atoms with E-state index in [2.05, 4.69) is 0 Å². The highest BCUT2D eigenvalue weighted by molar-refractivity contribution is 7.86. The van der Waals surface area contributed by atoms with Crippen LogP contribution < -0.4 is 0 Å². The molecule has 0 aromatic heterocycles. The fourth-order valence-electron chi connectivity index (χ4n) is 0.302. The minimum Gasteiger partial charge on any atom is -0.743 e. The maximum Gasteiger partial charge on any atom is 0.397 e. The van der Waals surface area contributed by atoms with Crippen LogP contribution in [0.3, 0.4) is 0 Å². The molecule has 0 saturated heterocycles. The number of hydrogen-bond acceptors (Lipinski definition) is 4. The molecule has 0 aromatic carbocycles. The van der Waals surface area contributed by atoms with Crippen LogP contribution in [-0.2, 0) is 10.1 Å². The predicted octanol–water partition coefficient (Wildman–Crippen LogP) is 0.0476. The summed E-state index contributed by atoms with van der Waals surface area (Å²) in [6.45, 7) is 0. The van der Waals surface area contributed by atoms with E-state index in [0.717, 1.165) is 0 Å². The average molecular weight is 229 g/mol. The lowest BCUT2D eigenvalue weighted by molar-refractivity contribution is -0.272. The molecule has 0 amide bonds. The molecule has 0 saturated carbocycles. The maximum atomic E-state index is 12.0. The first-order valence-electron chi connectivity index (χ1n) is 2.47. The van der Waals surface area contributed by atoms with Crippen molar-refractivity contribution in [2.24, 2.45) is 0 Å². The Morgan fingerprint density at radius 3 is 1.62 bits per heavy atom. The van der Waals surface area contributed by atoms with Crippen LogP contribution in [0.4, 0.5) is 22.0 Å². The van der Waals surface area contributed by atoms with Gasteiger partial charge in [0.2, 0.25) is 0 Å². The summed E-state index contributed by atoms with van der Waals surface area (Å²) >= 11 is 0.